The van der Waals surface area contributed by atoms with E-state index >= 15 is 0 Å². The molecule has 1 N–H and O–H groups in total. The van der Waals surface area contributed by atoms with E-state index in [1.54, 1.807) is 29.2 Å². The molecular formula is C42H49N2O7PSi. The number of carbonyl (C=O) groups excluding carboxylic acids is 2. The number of aliphatic carboxylic acids is 1. The van der Waals surface area contributed by atoms with Crippen molar-refractivity contribution in [2.45, 2.75) is 45.1 Å². The molecule has 0 spiro atoms. The zero-order chi connectivity index (χ0) is 37.6. The van der Waals surface area contributed by atoms with Crippen LogP contribution in [0.3, 0.4) is 0 Å². The van der Waals surface area contributed by atoms with Crippen LogP contribution in [0.15, 0.2) is 115 Å². The van der Waals surface area contributed by atoms with Crippen LogP contribution >= 0.6 is 6.89 Å². The highest BCUT2D eigenvalue weighted by Gasteiger charge is 2.50. The van der Waals surface area contributed by atoms with Crippen LogP contribution in [-0.4, -0.2) is 97.9 Å². The number of carboxylic acid groups (broad SMARTS) is 1. The van der Waals surface area contributed by atoms with Crippen molar-refractivity contribution in [3.05, 3.63) is 121 Å². The quantitative estimate of drug-likeness (QED) is 0.106. The number of benzene rings is 4. The van der Waals surface area contributed by atoms with E-state index < -0.39 is 27.2 Å². The molecule has 53 heavy (non-hydrogen) atoms. The number of morpholine rings is 1. The van der Waals surface area contributed by atoms with Gasteiger partial charge in [0.05, 0.1) is 13.2 Å². The molecule has 4 aromatic carbocycles. The molecule has 0 radical (unpaired) electrons. The predicted octanol–water partition coefficient (Wildman–Crippen LogP) is 5.25. The van der Waals surface area contributed by atoms with Crippen molar-refractivity contribution >= 4 is 54.2 Å². The van der Waals surface area contributed by atoms with Gasteiger partial charge in [-0.1, -0.05) is 91.0 Å². The minimum absolute atomic E-state index is 0.0712. The van der Waals surface area contributed by atoms with Crippen LogP contribution in [0.25, 0.3) is 0 Å². The van der Waals surface area contributed by atoms with Crippen molar-refractivity contribution < 1.29 is 33.4 Å². The number of ether oxygens (including phenoxy) is 2. The van der Waals surface area contributed by atoms with Gasteiger partial charge in [0.25, 0.3) is 5.91 Å². The first kappa shape index (κ1) is 38.4. The largest absolute Gasteiger partial charge is 0.484 e. The lowest BCUT2D eigenvalue weighted by Crippen LogP contribution is -2.65. The monoisotopic (exact) mass is 752 g/mol. The van der Waals surface area contributed by atoms with E-state index in [0.29, 0.717) is 49.6 Å². The maximum Gasteiger partial charge on any atom is 0.347 e. The van der Waals surface area contributed by atoms with Crippen molar-refractivity contribution in [2.75, 3.05) is 39.5 Å². The third kappa shape index (κ3) is 8.58. The van der Waals surface area contributed by atoms with Gasteiger partial charge in [-0.3, -0.25) is 14.5 Å². The molecule has 0 unspecified atom stereocenters. The van der Waals surface area contributed by atoms with Crippen molar-refractivity contribution in [3.8, 4) is 5.75 Å². The van der Waals surface area contributed by atoms with Gasteiger partial charge < -0.3 is 23.9 Å². The van der Waals surface area contributed by atoms with Gasteiger partial charge in [0.1, 0.15) is 11.2 Å². The molecule has 4 aromatic rings. The summed E-state index contributed by atoms with van der Waals surface area (Å²) in [5, 5.41) is 14.2. The third-order valence-electron chi connectivity index (χ3n) is 9.95. The topological polar surface area (TPSA) is 106 Å². The fraction of sp³-hybridized carbons (Fsp3) is 0.333. The number of amides is 1. The first-order chi connectivity index (χ1) is 25.5. The van der Waals surface area contributed by atoms with Crippen molar-refractivity contribution in [2.24, 2.45) is 5.92 Å². The number of hydrogen-bond acceptors (Lipinski definition) is 6. The highest BCUT2D eigenvalue weighted by molar-refractivity contribution is 7.96. The summed E-state index contributed by atoms with van der Waals surface area (Å²) in [5.74, 6) is -0.789. The van der Waals surface area contributed by atoms with Gasteiger partial charge in [-0.15, -0.1) is 0 Å². The van der Waals surface area contributed by atoms with Crippen LogP contribution in [0.1, 0.15) is 23.7 Å². The SMILES string of the molecule is C[C@@H](O[Si](C)(C)C)[C@H]1CN(C(C(=O)O)=P(c2ccccc2)(c2ccccc2)c2ccccc2)[C@@H]1CC(=O)c1ccc(OCC(=O)N2CCOCC2)cc1. The molecule has 11 heteroatoms. The molecule has 2 heterocycles. The van der Waals surface area contributed by atoms with Gasteiger partial charge in [0.15, 0.2) is 20.7 Å². The zero-order valence-corrected chi connectivity index (χ0v) is 32.8. The number of nitrogens with zero attached hydrogens (tertiary/aromatic N) is 2. The maximum atomic E-state index is 14.2. The van der Waals surface area contributed by atoms with Gasteiger partial charge in [0.2, 0.25) is 0 Å². The zero-order valence-electron chi connectivity index (χ0n) is 30.9. The third-order valence-corrected chi connectivity index (χ3v) is 15.3. The van der Waals surface area contributed by atoms with Crippen molar-refractivity contribution in [3.63, 3.8) is 0 Å². The Morgan fingerprint density at radius 2 is 1.32 bits per heavy atom. The molecule has 1 amide bonds. The Labute approximate surface area is 313 Å². The fourth-order valence-electron chi connectivity index (χ4n) is 7.51. The van der Waals surface area contributed by atoms with Crippen LogP contribution in [-0.2, 0) is 18.8 Å². The first-order valence-corrected chi connectivity index (χ1v) is 23.4. The Hall–Kier alpha value is -4.31. The lowest BCUT2D eigenvalue weighted by molar-refractivity contribution is -0.137. The van der Waals surface area contributed by atoms with Crippen LogP contribution in [0.5, 0.6) is 5.75 Å². The molecule has 2 aliphatic heterocycles. The van der Waals surface area contributed by atoms with E-state index in [9.17, 15) is 19.5 Å². The van der Waals surface area contributed by atoms with Gasteiger partial charge in [-0.2, -0.15) is 0 Å². The summed E-state index contributed by atoms with van der Waals surface area (Å²) in [6.45, 7) is 7.98. The second kappa shape index (κ2) is 16.8. The number of rotatable bonds is 14. The standard InChI is InChI=1S/C42H49N2O7PSi/c1-31(51-53(2,3)4)37-29-44(38(37)28-39(45)32-20-22-33(23-21-32)50-30-40(46)43-24-26-49-27-25-43)41(42(47)48)52(34-14-8-5-9-15-34,35-16-10-6-11-17-35)36-18-12-7-13-19-36/h5-23,31,37-38H,24-30H2,1-4H3,(H,47,48)/t31-,37-,38-/m1/s1. The van der Waals surface area contributed by atoms with E-state index in [0.717, 1.165) is 15.9 Å². The highest BCUT2D eigenvalue weighted by Crippen LogP contribution is 2.49. The molecule has 0 saturated carbocycles. The van der Waals surface area contributed by atoms with Crippen LogP contribution in [0, 0.1) is 5.92 Å². The lowest BCUT2D eigenvalue weighted by atomic mass is 9.80. The molecule has 0 aromatic heterocycles. The van der Waals surface area contributed by atoms with Gasteiger partial charge in [-0.05, 0) is 66.7 Å². The molecule has 3 atom stereocenters. The summed E-state index contributed by atoms with van der Waals surface area (Å²) >= 11 is 0. The summed E-state index contributed by atoms with van der Waals surface area (Å²) in [7, 11) is -1.96. The van der Waals surface area contributed by atoms with Gasteiger partial charge >= 0.3 is 5.97 Å². The van der Waals surface area contributed by atoms with E-state index in [1.807, 2.05) is 95.9 Å². The Morgan fingerprint density at radius 1 is 0.811 bits per heavy atom. The van der Waals surface area contributed by atoms with Crippen molar-refractivity contribution in [1.82, 2.24) is 9.80 Å². The lowest BCUT2D eigenvalue weighted by Gasteiger charge is -2.53. The predicted molar refractivity (Wildman–Crippen MR) is 214 cm³/mol. The van der Waals surface area contributed by atoms with Gasteiger partial charge in [-0.25, -0.2) is 4.79 Å². The van der Waals surface area contributed by atoms with Crippen LogP contribution in [0.2, 0.25) is 19.6 Å². The number of hydrogen-bond donors (Lipinski definition) is 1. The van der Waals surface area contributed by atoms with E-state index in [1.165, 1.54) is 0 Å². The first-order valence-electron chi connectivity index (χ1n) is 18.2. The molecule has 2 aliphatic rings. The molecular weight excluding hydrogens is 704 g/mol. The smallest absolute Gasteiger partial charge is 0.347 e. The fourth-order valence-corrected chi connectivity index (χ4v) is 13.2. The highest BCUT2D eigenvalue weighted by atomic mass is 31.2. The summed E-state index contributed by atoms with van der Waals surface area (Å²) in [4.78, 5) is 44.4. The van der Waals surface area contributed by atoms with Gasteiger partial charge in [0, 0.05) is 56.6 Å². The molecule has 9 nitrogen and oxygen atoms in total. The molecule has 6 rings (SSSR count). The Kier molecular flexibility index (Phi) is 12.2. The maximum absolute atomic E-state index is 14.2. The summed E-state index contributed by atoms with van der Waals surface area (Å²) in [6, 6.07) is 36.2. The minimum atomic E-state index is -2.98. The van der Waals surface area contributed by atoms with Crippen LogP contribution < -0.4 is 20.7 Å². The van der Waals surface area contributed by atoms with E-state index in [4.69, 9.17) is 13.9 Å². The Bertz CT molecular complexity index is 1830. The average Bonchev–Trinajstić information content (AvgIpc) is 3.16. The molecule has 2 saturated heterocycles. The summed E-state index contributed by atoms with van der Waals surface area (Å²) in [6.07, 6.45) is -0.0713. The number of Topliss-reactive ketones (excluding diaryl/α,β-unsaturated/α-hetero) is 1. The summed E-state index contributed by atoms with van der Waals surface area (Å²) in [5.41, 5.74) is 0.803. The Balaban J connectivity index is 1.39. The second-order valence-electron chi connectivity index (χ2n) is 14.6. The van der Waals surface area contributed by atoms with E-state index in [-0.39, 0.29) is 36.7 Å². The normalized spacial score (nSPS) is 18.5. The minimum Gasteiger partial charge on any atom is -0.484 e. The van der Waals surface area contributed by atoms with Crippen molar-refractivity contribution in [1.29, 1.82) is 0 Å². The molecule has 2 fully saturated rings. The Morgan fingerprint density at radius 3 is 1.79 bits per heavy atom. The molecule has 278 valence electrons. The van der Waals surface area contributed by atoms with E-state index in [2.05, 4.69) is 26.6 Å². The number of carboxylic acids is 1. The number of ketones is 1. The average molecular weight is 753 g/mol. The number of likely N-dealkylation sites (tertiary alicyclic amines) is 1. The summed E-state index contributed by atoms with van der Waals surface area (Å²) < 4.78 is 17.7. The second-order valence-corrected chi connectivity index (χ2v) is 22.3. The number of carbonyl (C=O) groups is 3. The molecule has 0 aliphatic carbocycles. The molecule has 0 bridgehead atoms. The van der Waals surface area contributed by atoms with Crippen LogP contribution in [0.4, 0.5) is 0 Å².